The average Bonchev–Trinajstić information content (AvgIpc) is 3.52. The lowest BCUT2D eigenvalue weighted by Gasteiger charge is -2.09. The molecule has 152 valence electrons. The van der Waals surface area contributed by atoms with E-state index in [0.29, 0.717) is 18.1 Å². The summed E-state index contributed by atoms with van der Waals surface area (Å²) in [7, 11) is 0. The number of fused-ring (bicyclic) bond motifs is 1. The van der Waals surface area contributed by atoms with Gasteiger partial charge in [0.15, 0.2) is 11.5 Å². The zero-order valence-electron chi connectivity index (χ0n) is 16.6. The Hall–Kier alpha value is -3.45. The Morgan fingerprint density at radius 3 is 2.87 bits per heavy atom. The number of imidazole rings is 2. The van der Waals surface area contributed by atoms with Gasteiger partial charge >= 0.3 is 0 Å². The van der Waals surface area contributed by atoms with Crippen LogP contribution in [0, 0.1) is 0 Å². The topological polar surface area (TPSA) is 73.4 Å². The van der Waals surface area contributed by atoms with E-state index in [9.17, 15) is 4.79 Å². The van der Waals surface area contributed by atoms with Crippen molar-refractivity contribution in [2.24, 2.45) is 0 Å². The molecule has 1 atom stereocenters. The predicted octanol–water partition coefficient (Wildman–Crippen LogP) is 3.15. The van der Waals surface area contributed by atoms with Gasteiger partial charge in [0.1, 0.15) is 5.69 Å². The highest BCUT2D eigenvalue weighted by Crippen LogP contribution is 2.22. The predicted molar refractivity (Wildman–Crippen MR) is 113 cm³/mol. The van der Waals surface area contributed by atoms with E-state index in [-0.39, 0.29) is 12.0 Å². The van der Waals surface area contributed by atoms with Gasteiger partial charge in [-0.25, -0.2) is 9.97 Å². The number of pyridine rings is 1. The Morgan fingerprint density at radius 2 is 2.03 bits per heavy atom. The summed E-state index contributed by atoms with van der Waals surface area (Å²) >= 11 is 0. The molecule has 1 fully saturated rings. The number of rotatable bonds is 6. The molecule has 4 aromatic rings. The van der Waals surface area contributed by atoms with Crippen molar-refractivity contribution < 1.29 is 9.53 Å². The molecule has 1 aromatic carbocycles. The summed E-state index contributed by atoms with van der Waals surface area (Å²) in [6.45, 7) is 2.00. The second-order valence-electron chi connectivity index (χ2n) is 7.50. The van der Waals surface area contributed by atoms with E-state index in [1.165, 1.54) is 5.56 Å². The van der Waals surface area contributed by atoms with Crippen molar-refractivity contribution in [3.63, 3.8) is 0 Å². The summed E-state index contributed by atoms with van der Waals surface area (Å²) in [6, 6.07) is 16.0. The molecule has 0 bridgehead atoms. The Bertz CT molecular complexity index is 1160. The monoisotopic (exact) mass is 401 g/mol. The van der Waals surface area contributed by atoms with E-state index < -0.39 is 0 Å². The number of hydrogen-bond donors (Lipinski definition) is 1. The molecule has 1 N–H and O–H groups in total. The molecule has 0 spiro atoms. The average molecular weight is 401 g/mol. The van der Waals surface area contributed by atoms with Crippen LogP contribution in [0.15, 0.2) is 67.3 Å². The lowest BCUT2D eigenvalue weighted by Crippen LogP contribution is -2.32. The molecule has 0 saturated carbocycles. The smallest absolute Gasteiger partial charge is 0.272 e. The van der Waals surface area contributed by atoms with Crippen LogP contribution in [-0.4, -0.2) is 44.1 Å². The molecule has 1 saturated heterocycles. The third kappa shape index (κ3) is 3.71. The Labute approximate surface area is 174 Å². The first-order valence-electron chi connectivity index (χ1n) is 10.2. The highest BCUT2D eigenvalue weighted by Gasteiger charge is 2.21. The SMILES string of the molecule is O=C(NC[C@H]1CCCO1)c1nc(-c2cn(Cc3ccccc3)cn2)n2ccccc12. The summed E-state index contributed by atoms with van der Waals surface area (Å²) in [5, 5.41) is 2.97. The molecular formula is C23H23N5O2. The molecule has 0 unspecified atom stereocenters. The molecule has 1 amide bonds. The summed E-state index contributed by atoms with van der Waals surface area (Å²) in [5.74, 6) is 0.462. The third-order valence-electron chi connectivity index (χ3n) is 5.35. The molecule has 4 heterocycles. The van der Waals surface area contributed by atoms with Gasteiger partial charge in [0.05, 0.1) is 17.9 Å². The number of carbonyl (C=O) groups is 1. The molecule has 7 heteroatoms. The molecular weight excluding hydrogens is 378 g/mol. The summed E-state index contributed by atoms with van der Waals surface area (Å²) in [5.41, 5.74) is 3.09. The molecule has 0 aliphatic carbocycles. The zero-order chi connectivity index (χ0) is 20.3. The number of amides is 1. The molecule has 7 nitrogen and oxygen atoms in total. The van der Waals surface area contributed by atoms with E-state index in [4.69, 9.17) is 4.74 Å². The molecule has 1 aliphatic heterocycles. The maximum atomic E-state index is 12.8. The minimum Gasteiger partial charge on any atom is -0.376 e. The van der Waals surface area contributed by atoms with Gasteiger partial charge in [-0.1, -0.05) is 36.4 Å². The number of nitrogens with zero attached hydrogens (tertiary/aromatic N) is 4. The quantitative estimate of drug-likeness (QED) is 0.539. The number of hydrogen-bond acceptors (Lipinski definition) is 4. The Morgan fingerprint density at radius 1 is 1.17 bits per heavy atom. The highest BCUT2D eigenvalue weighted by atomic mass is 16.5. The van der Waals surface area contributed by atoms with Crippen LogP contribution in [-0.2, 0) is 11.3 Å². The second-order valence-corrected chi connectivity index (χ2v) is 7.50. The lowest BCUT2D eigenvalue weighted by atomic mass is 10.2. The van der Waals surface area contributed by atoms with E-state index >= 15 is 0 Å². The highest BCUT2D eigenvalue weighted by molar-refractivity contribution is 6.00. The van der Waals surface area contributed by atoms with Crippen molar-refractivity contribution in [1.29, 1.82) is 0 Å². The maximum absolute atomic E-state index is 12.8. The number of nitrogens with one attached hydrogen (secondary N) is 1. The molecule has 3 aromatic heterocycles. The van der Waals surface area contributed by atoms with Crippen molar-refractivity contribution in [1.82, 2.24) is 24.3 Å². The Balaban J connectivity index is 1.41. The molecule has 30 heavy (non-hydrogen) atoms. The van der Waals surface area contributed by atoms with Crippen LogP contribution in [0.4, 0.5) is 0 Å². The van der Waals surface area contributed by atoms with Gasteiger partial charge in [0.2, 0.25) is 0 Å². The summed E-state index contributed by atoms with van der Waals surface area (Å²) in [4.78, 5) is 22.0. The standard InChI is InChI=1S/C23H23N5O2/c29-23(24-13-18-9-6-12-30-18)21-20-10-4-5-11-28(20)22(26-21)19-15-27(16-25-19)14-17-7-2-1-3-8-17/h1-5,7-8,10-11,15-16,18H,6,9,12-14H2,(H,24,29)/t18-/m1/s1. The first-order chi connectivity index (χ1) is 14.8. The van der Waals surface area contributed by atoms with E-state index in [1.807, 2.05) is 57.8 Å². The van der Waals surface area contributed by atoms with Gasteiger partial charge in [-0.15, -0.1) is 0 Å². The van der Waals surface area contributed by atoms with Crippen LogP contribution >= 0.6 is 0 Å². The van der Waals surface area contributed by atoms with Gasteiger partial charge < -0.3 is 14.6 Å². The van der Waals surface area contributed by atoms with Crippen LogP contribution in [0.2, 0.25) is 0 Å². The van der Waals surface area contributed by atoms with Crippen molar-refractivity contribution >= 4 is 11.4 Å². The van der Waals surface area contributed by atoms with Crippen molar-refractivity contribution in [3.8, 4) is 11.5 Å². The first-order valence-corrected chi connectivity index (χ1v) is 10.2. The van der Waals surface area contributed by atoms with Crippen molar-refractivity contribution in [2.75, 3.05) is 13.2 Å². The molecule has 5 rings (SSSR count). The van der Waals surface area contributed by atoms with E-state index in [1.54, 1.807) is 6.33 Å². The van der Waals surface area contributed by atoms with E-state index in [0.717, 1.165) is 37.2 Å². The number of carbonyl (C=O) groups excluding carboxylic acids is 1. The first kappa shape index (κ1) is 18.6. The van der Waals surface area contributed by atoms with Gasteiger partial charge in [-0.3, -0.25) is 9.20 Å². The largest absolute Gasteiger partial charge is 0.376 e. The van der Waals surface area contributed by atoms with Gasteiger partial charge in [0, 0.05) is 32.1 Å². The molecule has 1 aliphatic rings. The summed E-state index contributed by atoms with van der Waals surface area (Å²) in [6.07, 6.45) is 7.78. The van der Waals surface area contributed by atoms with E-state index in [2.05, 4.69) is 27.4 Å². The summed E-state index contributed by atoms with van der Waals surface area (Å²) < 4.78 is 9.53. The maximum Gasteiger partial charge on any atom is 0.272 e. The fourth-order valence-electron chi connectivity index (χ4n) is 3.84. The van der Waals surface area contributed by atoms with Crippen LogP contribution in [0.1, 0.15) is 28.9 Å². The zero-order valence-corrected chi connectivity index (χ0v) is 16.6. The lowest BCUT2D eigenvalue weighted by molar-refractivity contribution is 0.0855. The number of aromatic nitrogens is 4. The van der Waals surface area contributed by atoms with Crippen LogP contribution in [0.25, 0.3) is 17.0 Å². The van der Waals surface area contributed by atoms with Gasteiger partial charge in [-0.05, 0) is 30.5 Å². The van der Waals surface area contributed by atoms with Crippen molar-refractivity contribution in [2.45, 2.75) is 25.5 Å². The van der Waals surface area contributed by atoms with Crippen LogP contribution in [0.3, 0.4) is 0 Å². The fourth-order valence-corrected chi connectivity index (χ4v) is 3.84. The fraction of sp³-hybridized carbons (Fsp3) is 0.261. The normalized spacial score (nSPS) is 16.2. The Kier molecular flexibility index (Phi) is 5.03. The van der Waals surface area contributed by atoms with Gasteiger partial charge in [-0.2, -0.15) is 0 Å². The minimum atomic E-state index is -0.191. The second kappa shape index (κ2) is 8.12. The number of ether oxygens (including phenoxy) is 1. The van der Waals surface area contributed by atoms with Gasteiger partial charge in [0.25, 0.3) is 5.91 Å². The number of benzene rings is 1. The third-order valence-corrected chi connectivity index (χ3v) is 5.35. The molecule has 0 radical (unpaired) electrons. The minimum absolute atomic E-state index is 0.0935. The van der Waals surface area contributed by atoms with Crippen LogP contribution in [0.5, 0.6) is 0 Å². The van der Waals surface area contributed by atoms with Crippen molar-refractivity contribution in [3.05, 3.63) is 78.5 Å². The van der Waals surface area contributed by atoms with Crippen LogP contribution < -0.4 is 5.32 Å².